The maximum Gasteiger partial charge on any atom is 0.161 e. The smallest absolute Gasteiger partial charge is 0.161 e. The number of aryl methyl sites for hydroxylation is 3. The molecule has 1 N–H and O–H groups in total. The number of rotatable bonds is 6. The average Bonchev–Trinajstić information content (AvgIpc) is 2.46. The Balaban J connectivity index is 2.15. The van der Waals surface area contributed by atoms with Gasteiger partial charge in [-0.1, -0.05) is 23.8 Å². The quantitative estimate of drug-likeness (QED) is 0.812. The van der Waals surface area contributed by atoms with E-state index in [1.54, 1.807) is 7.11 Å². The molecule has 0 saturated carbocycles. The number of benzene rings is 2. The molecule has 0 aliphatic rings. The molecule has 0 saturated heterocycles. The Kier molecular flexibility index (Phi) is 5.54. The molecule has 3 nitrogen and oxygen atoms in total. The molecule has 0 radical (unpaired) electrons. The van der Waals surface area contributed by atoms with Crippen molar-refractivity contribution >= 4 is 5.69 Å². The molecule has 0 bridgehead atoms. The standard InChI is InChI=1S/C20H27NO2/c1-13(2)23-18-8-7-17(11-19(18)22-6)12-21-20-15(4)9-14(3)10-16(20)5/h7-11,13,21H,12H2,1-6H3. The number of nitrogens with one attached hydrogen (secondary N) is 1. The van der Waals surface area contributed by atoms with Gasteiger partial charge in [0.25, 0.3) is 0 Å². The summed E-state index contributed by atoms with van der Waals surface area (Å²) in [6.45, 7) is 11.2. The number of hydrogen-bond donors (Lipinski definition) is 1. The van der Waals surface area contributed by atoms with E-state index >= 15 is 0 Å². The topological polar surface area (TPSA) is 30.5 Å². The summed E-state index contributed by atoms with van der Waals surface area (Å²) in [5, 5.41) is 3.54. The van der Waals surface area contributed by atoms with Crippen LogP contribution in [0.25, 0.3) is 0 Å². The third kappa shape index (κ3) is 4.41. The van der Waals surface area contributed by atoms with Crippen LogP contribution in [-0.4, -0.2) is 13.2 Å². The monoisotopic (exact) mass is 313 g/mol. The SMILES string of the molecule is COc1cc(CNc2c(C)cc(C)cc2C)ccc1OC(C)C. The summed E-state index contributed by atoms with van der Waals surface area (Å²) >= 11 is 0. The number of hydrogen-bond acceptors (Lipinski definition) is 3. The Morgan fingerprint density at radius 3 is 2.17 bits per heavy atom. The zero-order chi connectivity index (χ0) is 17.0. The molecule has 124 valence electrons. The van der Waals surface area contributed by atoms with Gasteiger partial charge in [0, 0.05) is 12.2 Å². The Morgan fingerprint density at radius 2 is 1.61 bits per heavy atom. The molecule has 2 aromatic rings. The van der Waals surface area contributed by atoms with Crippen molar-refractivity contribution in [1.82, 2.24) is 0 Å². The van der Waals surface area contributed by atoms with E-state index in [9.17, 15) is 0 Å². The Labute approximate surface area is 139 Å². The lowest BCUT2D eigenvalue weighted by molar-refractivity contribution is 0.230. The van der Waals surface area contributed by atoms with E-state index in [0.717, 1.165) is 23.6 Å². The molecule has 0 aliphatic carbocycles. The molecule has 0 unspecified atom stereocenters. The molecule has 0 heterocycles. The van der Waals surface area contributed by atoms with E-state index in [1.807, 2.05) is 26.0 Å². The summed E-state index contributed by atoms with van der Waals surface area (Å²) in [5.41, 5.74) is 6.21. The molecule has 0 spiro atoms. The van der Waals surface area contributed by atoms with Gasteiger partial charge in [0.15, 0.2) is 11.5 Å². The molecule has 23 heavy (non-hydrogen) atoms. The highest BCUT2D eigenvalue weighted by molar-refractivity contribution is 5.58. The predicted molar refractivity (Wildman–Crippen MR) is 96.7 cm³/mol. The van der Waals surface area contributed by atoms with Gasteiger partial charge in [-0.15, -0.1) is 0 Å². The van der Waals surface area contributed by atoms with Gasteiger partial charge in [-0.2, -0.15) is 0 Å². The lowest BCUT2D eigenvalue weighted by atomic mass is 10.0. The van der Waals surface area contributed by atoms with Crippen LogP contribution in [0.1, 0.15) is 36.1 Å². The van der Waals surface area contributed by atoms with Crippen LogP contribution in [0.15, 0.2) is 30.3 Å². The second kappa shape index (κ2) is 7.40. The minimum Gasteiger partial charge on any atom is -0.493 e. The first-order chi connectivity index (χ1) is 10.9. The highest BCUT2D eigenvalue weighted by Crippen LogP contribution is 2.30. The highest BCUT2D eigenvalue weighted by Gasteiger charge is 2.08. The fourth-order valence-electron chi connectivity index (χ4n) is 2.82. The van der Waals surface area contributed by atoms with Crippen molar-refractivity contribution in [3.05, 3.63) is 52.6 Å². The Bertz CT molecular complexity index is 654. The third-order valence-corrected chi connectivity index (χ3v) is 3.74. The zero-order valence-corrected chi connectivity index (χ0v) is 15.0. The van der Waals surface area contributed by atoms with Crippen molar-refractivity contribution in [2.24, 2.45) is 0 Å². The lowest BCUT2D eigenvalue weighted by Crippen LogP contribution is -2.08. The number of ether oxygens (including phenoxy) is 2. The Hall–Kier alpha value is -2.16. The van der Waals surface area contributed by atoms with Crippen LogP contribution >= 0.6 is 0 Å². The minimum absolute atomic E-state index is 0.130. The molecule has 2 rings (SSSR count). The maximum atomic E-state index is 5.76. The number of methoxy groups -OCH3 is 1. The van der Waals surface area contributed by atoms with E-state index < -0.39 is 0 Å². The first-order valence-electron chi connectivity index (χ1n) is 8.06. The van der Waals surface area contributed by atoms with Crippen LogP contribution in [0.5, 0.6) is 11.5 Å². The second-order valence-electron chi connectivity index (χ2n) is 6.28. The van der Waals surface area contributed by atoms with Crippen LogP contribution in [0.4, 0.5) is 5.69 Å². The summed E-state index contributed by atoms with van der Waals surface area (Å²) in [5.74, 6) is 1.56. The van der Waals surface area contributed by atoms with Crippen molar-refractivity contribution in [3.8, 4) is 11.5 Å². The average molecular weight is 313 g/mol. The van der Waals surface area contributed by atoms with Gasteiger partial charge in [0.05, 0.1) is 13.2 Å². The van der Waals surface area contributed by atoms with E-state index in [4.69, 9.17) is 9.47 Å². The van der Waals surface area contributed by atoms with E-state index in [1.165, 1.54) is 22.4 Å². The first kappa shape index (κ1) is 17.2. The molecule has 0 fully saturated rings. The summed E-state index contributed by atoms with van der Waals surface area (Å²) in [6.07, 6.45) is 0.130. The van der Waals surface area contributed by atoms with Crippen LogP contribution < -0.4 is 14.8 Å². The van der Waals surface area contributed by atoms with Crippen LogP contribution in [0.3, 0.4) is 0 Å². The van der Waals surface area contributed by atoms with Gasteiger partial charge in [-0.3, -0.25) is 0 Å². The van der Waals surface area contributed by atoms with E-state index in [2.05, 4.69) is 44.3 Å². The second-order valence-corrected chi connectivity index (χ2v) is 6.28. The van der Waals surface area contributed by atoms with E-state index in [0.29, 0.717) is 0 Å². The van der Waals surface area contributed by atoms with Gasteiger partial charge in [-0.25, -0.2) is 0 Å². The van der Waals surface area contributed by atoms with Gasteiger partial charge in [-0.05, 0) is 63.4 Å². The Morgan fingerprint density at radius 1 is 0.957 bits per heavy atom. The zero-order valence-electron chi connectivity index (χ0n) is 15.0. The van der Waals surface area contributed by atoms with Crippen molar-refractivity contribution in [1.29, 1.82) is 0 Å². The van der Waals surface area contributed by atoms with Crippen molar-refractivity contribution in [2.75, 3.05) is 12.4 Å². The summed E-state index contributed by atoms with van der Waals surface area (Å²) in [6, 6.07) is 10.5. The molecule has 0 atom stereocenters. The summed E-state index contributed by atoms with van der Waals surface area (Å²) < 4.78 is 11.2. The fraction of sp³-hybridized carbons (Fsp3) is 0.400. The maximum absolute atomic E-state index is 5.76. The van der Waals surface area contributed by atoms with Crippen LogP contribution in [-0.2, 0) is 6.54 Å². The molecule has 0 aromatic heterocycles. The predicted octanol–water partition coefficient (Wildman–Crippen LogP) is 5.02. The van der Waals surface area contributed by atoms with Crippen molar-refractivity contribution in [3.63, 3.8) is 0 Å². The van der Waals surface area contributed by atoms with Gasteiger partial charge in [0.2, 0.25) is 0 Å². The highest BCUT2D eigenvalue weighted by atomic mass is 16.5. The van der Waals surface area contributed by atoms with Gasteiger partial charge >= 0.3 is 0 Å². The molecule has 0 aliphatic heterocycles. The minimum atomic E-state index is 0.130. The summed E-state index contributed by atoms with van der Waals surface area (Å²) in [4.78, 5) is 0. The van der Waals surface area contributed by atoms with Gasteiger partial charge in [0.1, 0.15) is 0 Å². The van der Waals surface area contributed by atoms with Gasteiger partial charge < -0.3 is 14.8 Å². The molecule has 0 amide bonds. The first-order valence-corrected chi connectivity index (χ1v) is 8.06. The van der Waals surface area contributed by atoms with E-state index in [-0.39, 0.29) is 6.10 Å². The molecule has 2 aromatic carbocycles. The molecular weight excluding hydrogens is 286 g/mol. The van der Waals surface area contributed by atoms with Crippen LogP contribution in [0.2, 0.25) is 0 Å². The van der Waals surface area contributed by atoms with Crippen molar-refractivity contribution < 1.29 is 9.47 Å². The fourth-order valence-corrected chi connectivity index (χ4v) is 2.82. The summed E-state index contributed by atoms with van der Waals surface area (Å²) in [7, 11) is 1.67. The normalized spacial score (nSPS) is 10.7. The number of anilines is 1. The third-order valence-electron chi connectivity index (χ3n) is 3.74. The van der Waals surface area contributed by atoms with Crippen LogP contribution in [0, 0.1) is 20.8 Å². The van der Waals surface area contributed by atoms with Crippen molar-refractivity contribution in [2.45, 2.75) is 47.3 Å². The lowest BCUT2D eigenvalue weighted by Gasteiger charge is -2.16. The molecular formula is C20H27NO2. The molecule has 3 heteroatoms. The largest absolute Gasteiger partial charge is 0.493 e.